The van der Waals surface area contributed by atoms with Crippen molar-refractivity contribution in [3.05, 3.63) is 54.0 Å². The average Bonchev–Trinajstić information content (AvgIpc) is 3.17. The lowest BCUT2D eigenvalue weighted by atomic mass is 10.0. The molecule has 0 amide bonds. The molecule has 7 heteroatoms. The number of Topliss-reactive ketones (excluding diaryl/α,β-unsaturated/α-hetero) is 1. The van der Waals surface area contributed by atoms with Gasteiger partial charge >= 0.3 is 0 Å². The van der Waals surface area contributed by atoms with Gasteiger partial charge in [0.05, 0.1) is 0 Å². The van der Waals surface area contributed by atoms with Crippen LogP contribution in [0.5, 0.6) is 0 Å². The summed E-state index contributed by atoms with van der Waals surface area (Å²) in [5.74, 6) is 1.44. The maximum absolute atomic E-state index is 12.6. The van der Waals surface area contributed by atoms with E-state index in [9.17, 15) is 4.79 Å². The highest BCUT2D eigenvalue weighted by Crippen LogP contribution is 2.25. The quantitative estimate of drug-likeness (QED) is 0.535. The zero-order chi connectivity index (χ0) is 21.8. The molecule has 7 nitrogen and oxygen atoms in total. The fourth-order valence-corrected chi connectivity index (χ4v) is 4.06. The standard InChI is InChI=1S/C24H32N6O/c1-17(2)6-7-22(31)18-4-3-5-21(14-18)28-24-23-19(8-13-30(23)27-16-26-24)15-29-11-9-20(25)10-12-29/h3-5,8,13-14,16-17,20H,6-7,9-12,15,25H2,1-2H3,(H,26,27,28). The summed E-state index contributed by atoms with van der Waals surface area (Å²) in [5, 5.41) is 7.78. The highest BCUT2D eigenvalue weighted by atomic mass is 16.1. The first-order valence-corrected chi connectivity index (χ1v) is 11.2. The smallest absolute Gasteiger partial charge is 0.162 e. The molecule has 3 aromatic rings. The Morgan fingerprint density at radius 3 is 2.84 bits per heavy atom. The van der Waals surface area contributed by atoms with Crippen molar-refractivity contribution in [3.8, 4) is 0 Å². The van der Waals surface area contributed by atoms with Crippen LogP contribution in [0.3, 0.4) is 0 Å². The van der Waals surface area contributed by atoms with Gasteiger partial charge in [-0.1, -0.05) is 26.0 Å². The molecule has 31 heavy (non-hydrogen) atoms. The second-order valence-corrected chi connectivity index (χ2v) is 8.92. The van der Waals surface area contributed by atoms with E-state index in [1.165, 1.54) is 5.56 Å². The Hall–Kier alpha value is -2.77. The van der Waals surface area contributed by atoms with Crippen molar-refractivity contribution in [1.82, 2.24) is 19.5 Å². The van der Waals surface area contributed by atoms with E-state index in [2.05, 4.69) is 40.2 Å². The number of nitrogens with zero attached hydrogens (tertiary/aromatic N) is 4. The molecule has 0 aliphatic carbocycles. The molecular weight excluding hydrogens is 388 g/mol. The number of nitrogens with one attached hydrogen (secondary N) is 1. The van der Waals surface area contributed by atoms with Gasteiger partial charge in [-0.3, -0.25) is 9.69 Å². The molecule has 2 aromatic heterocycles. The molecule has 4 rings (SSSR count). The Morgan fingerprint density at radius 1 is 1.26 bits per heavy atom. The van der Waals surface area contributed by atoms with Gasteiger partial charge in [0.25, 0.3) is 0 Å². The average molecular weight is 421 g/mol. The minimum absolute atomic E-state index is 0.178. The van der Waals surface area contributed by atoms with E-state index in [0.717, 1.165) is 61.5 Å². The lowest BCUT2D eigenvalue weighted by molar-refractivity contribution is 0.0975. The summed E-state index contributed by atoms with van der Waals surface area (Å²) in [6.07, 6.45) is 7.06. The lowest BCUT2D eigenvalue weighted by Crippen LogP contribution is -2.39. The number of piperidine rings is 1. The van der Waals surface area contributed by atoms with Crippen LogP contribution in [0.4, 0.5) is 11.5 Å². The normalized spacial score (nSPS) is 15.6. The van der Waals surface area contributed by atoms with Crippen LogP contribution in [-0.4, -0.2) is 44.4 Å². The van der Waals surface area contributed by atoms with Crippen molar-refractivity contribution in [2.24, 2.45) is 11.7 Å². The second-order valence-electron chi connectivity index (χ2n) is 8.92. The van der Waals surface area contributed by atoms with E-state index >= 15 is 0 Å². The highest BCUT2D eigenvalue weighted by Gasteiger charge is 2.19. The largest absolute Gasteiger partial charge is 0.338 e. The molecule has 1 aromatic carbocycles. The van der Waals surface area contributed by atoms with Gasteiger partial charge in [0.2, 0.25) is 0 Å². The number of hydrogen-bond acceptors (Lipinski definition) is 6. The molecule has 0 radical (unpaired) electrons. The van der Waals surface area contributed by atoms with Crippen LogP contribution >= 0.6 is 0 Å². The minimum Gasteiger partial charge on any atom is -0.338 e. The summed E-state index contributed by atoms with van der Waals surface area (Å²) in [7, 11) is 0. The number of fused-ring (bicyclic) bond motifs is 1. The van der Waals surface area contributed by atoms with Gasteiger partial charge in [0, 0.05) is 36.5 Å². The number of nitrogens with two attached hydrogens (primary N) is 1. The molecule has 164 valence electrons. The van der Waals surface area contributed by atoms with Crippen LogP contribution in [0.15, 0.2) is 42.9 Å². The number of likely N-dealkylation sites (tertiary alicyclic amines) is 1. The number of carbonyl (C=O) groups is 1. The SMILES string of the molecule is CC(C)CCC(=O)c1cccc(Nc2ncnn3ccc(CN4CCC(N)CC4)c23)c1. The molecule has 0 atom stereocenters. The number of ketones is 1. The zero-order valence-corrected chi connectivity index (χ0v) is 18.4. The van der Waals surface area contributed by atoms with Crippen LogP contribution in [-0.2, 0) is 6.54 Å². The number of anilines is 2. The summed E-state index contributed by atoms with van der Waals surface area (Å²) in [6.45, 7) is 7.14. The molecule has 1 aliphatic heterocycles. The summed E-state index contributed by atoms with van der Waals surface area (Å²) in [5.41, 5.74) is 9.79. The molecule has 1 aliphatic rings. The number of rotatable bonds is 8. The van der Waals surface area contributed by atoms with Crippen molar-refractivity contribution in [2.45, 2.75) is 52.1 Å². The van der Waals surface area contributed by atoms with Gasteiger partial charge in [0.1, 0.15) is 11.8 Å². The predicted octanol–water partition coefficient (Wildman–Crippen LogP) is 4.01. The zero-order valence-electron chi connectivity index (χ0n) is 18.4. The topological polar surface area (TPSA) is 88.6 Å². The van der Waals surface area contributed by atoms with Crippen molar-refractivity contribution < 1.29 is 4.79 Å². The van der Waals surface area contributed by atoms with E-state index in [0.29, 0.717) is 18.4 Å². The molecule has 0 saturated carbocycles. The number of carbonyl (C=O) groups excluding carboxylic acids is 1. The summed E-state index contributed by atoms with van der Waals surface area (Å²) >= 11 is 0. The minimum atomic E-state index is 0.178. The Balaban J connectivity index is 1.54. The Labute approximate surface area is 183 Å². The first kappa shape index (κ1) is 21.5. The van der Waals surface area contributed by atoms with Crippen LogP contribution in [0, 0.1) is 5.92 Å². The Kier molecular flexibility index (Phi) is 6.63. The van der Waals surface area contributed by atoms with Crippen LogP contribution in [0.2, 0.25) is 0 Å². The third kappa shape index (κ3) is 5.29. The fourth-order valence-electron chi connectivity index (χ4n) is 4.06. The van der Waals surface area contributed by atoms with E-state index in [-0.39, 0.29) is 5.78 Å². The van der Waals surface area contributed by atoms with Crippen LogP contribution in [0.25, 0.3) is 5.52 Å². The summed E-state index contributed by atoms with van der Waals surface area (Å²) < 4.78 is 1.86. The number of aromatic nitrogens is 3. The van der Waals surface area contributed by atoms with Crippen LogP contribution in [0.1, 0.15) is 55.5 Å². The fraction of sp³-hybridized carbons (Fsp3) is 0.458. The molecule has 3 heterocycles. The van der Waals surface area contributed by atoms with Gasteiger partial charge in [-0.25, -0.2) is 9.50 Å². The van der Waals surface area contributed by atoms with Crippen LogP contribution < -0.4 is 11.1 Å². The first-order chi connectivity index (χ1) is 15.0. The third-order valence-electron chi connectivity index (χ3n) is 5.96. The molecule has 0 bridgehead atoms. The number of hydrogen-bond donors (Lipinski definition) is 2. The predicted molar refractivity (Wildman–Crippen MR) is 124 cm³/mol. The summed E-state index contributed by atoms with van der Waals surface area (Å²) in [6, 6.07) is 10.1. The van der Waals surface area contributed by atoms with E-state index < -0.39 is 0 Å². The maximum Gasteiger partial charge on any atom is 0.162 e. The maximum atomic E-state index is 12.6. The van der Waals surface area contributed by atoms with Crippen molar-refractivity contribution in [1.29, 1.82) is 0 Å². The third-order valence-corrected chi connectivity index (χ3v) is 5.96. The molecule has 0 unspecified atom stereocenters. The molecular formula is C24H32N6O. The highest BCUT2D eigenvalue weighted by molar-refractivity contribution is 5.97. The van der Waals surface area contributed by atoms with Crippen molar-refractivity contribution in [3.63, 3.8) is 0 Å². The summed E-state index contributed by atoms with van der Waals surface area (Å²) in [4.78, 5) is 19.5. The van der Waals surface area contributed by atoms with Crippen molar-refractivity contribution in [2.75, 3.05) is 18.4 Å². The monoisotopic (exact) mass is 420 g/mol. The van der Waals surface area contributed by atoms with Gasteiger partial charge in [0.15, 0.2) is 11.6 Å². The van der Waals surface area contributed by atoms with Gasteiger partial charge in [-0.05, 0) is 62.0 Å². The molecule has 3 N–H and O–H groups in total. The first-order valence-electron chi connectivity index (χ1n) is 11.2. The Bertz CT molecular complexity index is 1040. The van der Waals surface area contributed by atoms with Gasteiger partial charge in [-0.2, -0.15) is 5.10 Å². The molecule has 1 fully saturated rings. The molecule has 0 spiro atoms. The lowest BCUT2D eigenvalue weighted by Gasteiger charge is -2.29. The molecule has 1 saturated heterocycles. The van der Waals surface area contributed by atoms with Crippen molar-refractivity contribution >= 4 is 22.8 Å². The van der Waals surface area contributed by atoms with E-state index in [4.69, 9.17) is 5.73 Å². The van der Waals surface area contributed by atoms with E-state index in [1.54, 1.807) is 6.33 Å². The second kappa shape index (κ2) is 9.58. The Morgan fingerprint density at radius 2 is 2.06 bits per heavy atom. The van der Waals surface area contributed by atoms with E-state index in [1.807, 2.05) is 35.0 Å². The number of benzene rings is 1. The van der Waals surface area contributed by atoms with Gasteiger partial charge < -0.3 is 11.1 Å². The van der Waals surface area contributed by atoms with Gasteiger partial charge in [-0.15, -0.1) is 0 Å².